The fourth-order valence-electron chi connectivity index (χ4n) is 3.07. The van der Waals surface area contributed by atoms with E-state index < -0.39 is 0 Å². The van der Waals surface area contributed by atoms with E-state index in [0.717, 1.165) is 22.6 Å². The van der Waals surface area contributed by atoms with E-state index in [1.807, 2.05) is 4.90 Å². The molecule has 0 aromatic heterocycles. The van der Waals surface area contributed by atoms with Crippen molar-refractivity contribution in [3.63, 3.8) is 0 Å². The first-order valence-electron chi connectivity index (χ1n) is 9.19. The first kappa shape index (κ1) is 21.7. The highest BCUT2D eigenvalue weighted by Crippen LogP contribution is 2.37. The number of thioether (sulfide) groups is 1. The molecule has 1 heterocycles. The van der Waals surface area contributed by atoms with Gasteiger partial charge in [0.25, 0.3) is 5.91 Å². The van der Waals surface area contributed by atoms with Crippen LogP contribution in [0, 0.1) is 5.82 Å². The largest absolute Gasteiger partial charge is 0.462 e. The molecule has 0 aliphatic carbocycles. The minimum Gasteiger partial charge on any atom is -0.462 e. The van der Waals surface area contributed by atoms with Crippen LogP contribution >= 0.6 is 11.8 Å². The molecule has 150 valence electrons. The van der Waals surface area contributed by atoms with Gasteiger partial charge in [-0.05, 0) is 24.6 Å². The Kier molecular flexibility index (Phi) is 9.03. The number of quaternary nitrogens is 1. The van der Waals surface area contributed by atoms with E-state index in [1.54, 1.807) is 37.9 Å². The fourth-order valence-corrected chi connectivity index (χ4v) is 4.34. The molecule has 2 rings (SSSR count). The number of hydrogen-bond acceptors (Lipinski definition) is 5. The standard InChI is InChI=1S/C19H27FN2O4S/c1-3-26-18(24)14-21(9-4-11-25-2)13-17(23)22-10-12-27-19(22)15-5-7-16(20)8-6-15/h5-8,19H,3-4,9-14H2,1-2H3/p+1/t19-/m1/s1. The van der Waals surface area contributed by atoms with Gasteiger partial charge >= 0.3 is 5.97 Å². The second-order valence-corrected chi connectivity index (χ2v) is 7.55. The van der Waals surface area contributed by atoms with Crippen molar-refractivity contribution >= 4 is 23.6 Å². The molecule has 8 heteroatoms. The quantitative estimate of drug-likeness (QED) is 0.468. The van der Waals surface area contributed by atoms with E-state index in [2.05, 4.69) is 0 Å². The van der Waals surface area contributed by atoms with E-state index in [-0.39, 0.29) is 36.2 Å². The molecule has 1 aliphatic rings. The Hall–Kier alpha value is -1.64. The summed E-state index contributed by atoms with van der Waals surface area (Å²) in [5, 5.41) is -0.110. The van der Waals surface area contributed by atoms with Gasteiger partial charge in [0.05, 0.1) is 19.8 Å². The minimum atomic E-state index is -0.302. The Morgan fingerprint density at radius 2 is 2.04 bits per heavy atom. The first-order valence-corrected chi connectivity index (χ1v) is 10.2. The third kappa shape index (κ3) is 6.79. The van der Waals surface area contributed by atoms with E-state index in [0.29, 0.717) is 26.3 Å². The maximum Gasteiger partial charge on any atom is 0.361 e. The molecule has 1 fully saturated rings. The Balaban J connectivity index is 2.00. The number of carbonyl (C=O) groups excluding carboxylic acids is 2. The van der Waals surface area contributed by atoms with Gasteiger partial charge in [0.1, 0.15) is 11.2 Å². The molecule has 1 N–H and O–H groups in total. The van der Waals surface area contributed by atoms with Crippen molar-refractivity contribution < 1.29 is 28.4 Å². The lowest BCUT2D eigenvalue weighted by Crippen LogP contribution is -3.14. The second-order valence-electron chi connectivity index (χ2n) is 6.37. The Morgan fingerprint density at radius 3 is 2.70 bits per heavy atom. The van der Waals surface area contributed by atoms with E-state index in [4.69, 9.17) is 9.47 Å². The molecule has 1 aromatic carbocycles. The van der Waals surface area contributed by atoms with Crippen molar-refractivity contribution in [2.75, 3.05) is 52.3 Å². The Bertz CT molecular complexity index is 614. The normalized spacial score (nSPS) is 17.7. The molecule has 1 aromatic rings. The smallest absolute Gasteiger partial charge is 0.361 e. The lowest BCUT2D eigenvalue weighted by molar-refractivity contribution is -0.885. The van der Waals surface area contributed by atoms with Gasteiger partial charge in [-0.15, -0.1) is 11.8 Å². The van der Waals surface area contributed by atoms with Crippen molar-refractivity contribution in [1.29, 1.82) is 0 Å². The molecular weight excluding hydrogens is 371 g/mol. The first-order chi connectivity index (χ1) is 13.0. The highest BCUT2D eigenvalue weighted by Gasteiger charge is 2.33. The molecule has 6 nitrogen and oxygen atoms in total. The van der Waals surface area contributed by atoms with Crippen LogP contribution in [-0.4, -0.2) is 69.0 Å². The Labute approximate surface area is 164 Å². The third-order valence-electron chi connectivity index (χ3n) is 4.35. The number of rotatable bonds is 10. The van der Waals surface area contributed by atoms with Crippen LogP contribution in [0.1, 0.15) is 24.3 Å². The summed E-state index contributed by atoms with van der Waals surface area (Å²) < 4.78 is 23.3. The predicted molar refractivity (Wildman–Crippen MR) is 102 cm³/mol. The molecule has 0 bridgehead atoms. The van der Waals surface area contributed by atoms with Crippen LogP contribution in [0.5, 0.6) is 0 Å². The molecule has 0 radical (unpaired) electrons. The molecule has 0 spiro atoms. The molecule has 1 amide bonds. The number of hydrogen-bond donors (Lipinski definition) is 1. The third-order valence-corrected chi connectivity index (χ3v) is 5.61. The van der Waals surface area contributed by atoms with Gasteiger partial charge < -0.3 is 19.3 Å². The number of amides is 1. The van der Waals surface area contributed by atoms with Crippen molar-refractivity contribution in [1.82, 2.24) is 4.90 Å². The Morgan fingerprint density at radius 1 is 1.30 bits per heavy atom. The van der Waals surface area contributed by atoms with E-state index in [9.17, 15) is 14.0 Å². The number of benzene rings is 1. The average Bonchev–Trinajstić information content (AvgIpc) is 3.12. The van der Waals surface area contributed by atoms with Crippen LogP contribution in [0.15, 0.2) is 24.3 Å². The maximum atomic E-state index is 13.2. The van der Waals surface area contributed by atoms with Gasteiger partial charge in [-0.1, -0.05) is 12.1 Å². The molecular formula is C19H28FN2O4S+. The number of esters is 1. The summed E-state index contributed by atoms with van der Waals surface area (Å²) in [7, 11) is 1.63. The van der Waals surface area contributed by atoms with Gasteiger partial charge in [0.15, 0.2) is 13.1 Å². The van der Waals surface area contributed by atoms with Gasteiger partial charge in [0, 0.05) is 25.8 Å². The molecule has 1 unspecified atom stereocenters. The molecule has 2 atom stereocenters. The van der Waals surface area contributed by atoms with Crippen LogP contribution in [-0.2, 0) is 19.1 Å². The average molecular weight is 400 g/mol. The van der Waals surface area contributed by atoms with Crippen LogP contribution < -0.4 is 4.90 Å². The highest BCUT2D eigenvalue weighted by molar-refractivity contribution is 7.99. The van der Waals surface area contributed by atoms with Crippen molar-refractivity contribution in [2.24, 2.45) is 0 Å². The summed E-state index contributed by atoms with van der Waals surface area (Å²) in [4.78, 5) is 27.5. The topological polar surface area (TPSA) is 60.3 Å². The number of methoxy groups -OCH3 is 1. The summed E-state index contributed by atoms with van der Waals surface area (Å²) in [6.45, 7) is 4.36. The van der Waals surface area contributed by atoms with Crippen LogP contribution in [0.4, 0.5) is 4.39 Å². The van der Waals surface area contributed by atoms with Crippen molar-refractivity contribution in [3.8, 4) is 0 Å². The number of ether oxygens (including phenoxy) is 2. The van der Waals surface area contributed by atoms with Gasteiger partial charge in [-0.3, -0.25) is 4.79 Å². The minimum absolute atomic E-state index is 0.00830. The van der Waals surface area contributed by atoms with Crippen LogP contribution in [0.3, 0.4) is 0 Å². The zero-order valence-electron chi connectivity index (χ0n) is 15.9. The summed E-state index contributed by atoms with van der Waals surface area (Å²) >= 11 is 1.67. The van der Waals surface area contributed by atoms with E-state index in [1.165, 1.54) is 12.1 Å². The number of halogens is 1. The molecule has 27 heavy (non-hydrogen) atoms. The maximum absolute atomic E-state index is 13.2. The van der Waals surface area contributed by atoms with Gasteiger partial charge in [-0.25, -0.2) is 9.18 Å². The summed E-state index contributed by atoms with van der Waals surface area (Å²) in [5.41, 5.74) is 0.915. The SMILES string of the molecule is CCOC(=O)C[NH+](CCCOC)CC(=O)N1CCS[C@@H]1c1ccc(F)cc1. The predicted octanol–water partition coefficient (Wildman–Crippen LogP) is 0.884. The lowest BCUT2D eigenvalue weighted by Gasteiger charge is -2.26. The monoisotopic (exact) mass is 399 g/mol. The highest BCUT2D eigenvalue weighted by atomic mass is 32.2. The van der Waals surface area contributed by atoms with Gasteiger partial charge in [-0.2, -0.15) is 0 Å². The molecule has 1 saturated heterocycles. The number of carbonyl (C=O) groups is 2. The fraction of sp³-hybridized carbons (Fsp3) is 0.579. The number of nitrogens with one attached hydrogen (secondary N) is 1. The van der Waals surface area contributed by atoms with Crippen LogP contribution in [0.25, 0.3) is 0 Å². The van der Waals surface area contributed by atoms with Crippen molar-refractivity contribution in [2.45, 2.75) is 18.7 Å². The molecule has 0 saturated carbocycles. The van der Waals surface area contributed by atoms with Gasteiger partial charge in [0.2, 0.25) is 0 Å². The number of nitrogens with zero attached hydrogens (tertiary/aromatic N) is 1. The zero-order chi connectivity index (χ0) is 19.6. The summed E-state index contributed by atoms with van der Waals surface area (Å²) in [5.74, 6) is 0.238. The van der Waals surface area contributed by atoms with Crippen molar-refractivity contribution in [3.05, 3.63) is 35.6 Å². The van der Waals surface area contributed by atoms with Crippen LogP contribution in [0.2, 0.25) is 0 Å². The zero-order valence-corrected chi connectivity index (χ0v) is 16.7. The second kappa shape index (κ2) is 11.3. The molecule has 1 aliphatic heterocycles. The summed E-state index contributed by atoms with van der Waals surface area (Å²) in [6.07, 6.45) is 0.759. The summed E-state index contributed by atoms with van der Waals surface area (Å²) in [6, 6.07) is 6.28. The lowest BCUT2D eigenvalue weighted by atomic mass is 10.2. The van der Waals surface area contributed by atoms with E-state index >= 15 is 0 Å².